The highest BCUT2D eigenvalue weighted by atomic mass is 16.6. The van der Waals surface area contributed by atoms with E-state index in [1.165, 1.54) is 35.1 Å². The second-order valence-electron chi connectivity index (χ2n) is 4.23. The molecule has 1 aromatic heterocycles. The smallest absolute Gasteiger partial charge is 0.269 e. The summed E-state index contributed by atoms with van der Waals surface area (Å²) >= 11 is 0. The lowest BCUT2D eigenvalue weighted by Crippen LogP contribution is -2.11. The van der Waals surface area contributed by atoms with E-state index >= 15 is 0 Å². The Balaban J connectivity index is 2.41. The molecule has 2 aromatic rings. The van der Waals surface area contributed by atoms with E-state index in [9.17, 15) is 14.9 Å². The van der Waals surface area contributed by atoms with Crippen molar-refractivity contribution < 1.29 is 9.72 Å². The largest absolute Gasteiger partial charge is 0.365 e. The zero-order valence-corrected chi connectivity index (χ0v) is 10.9. The third-order valence-electron chi connectivity index (χ3n) is 2.83. The number of benzene rings is 1. The third kappa shape index (κ3) is 3.03. The molecular weight excluding hydrogens is 274 g/mol. The Morgan fingerprint density at radius 3 is 2.62 bits per heavy atom. The van der Waals surface area contributed by atoms with Crippen LogP contribution < -0.4 is 5.73 Å². The number of nitriles is 1. The van der Waals surface area contributed by atoms with Crippen molar-refractivity contribution >= 4 is 11.6 Å². The van der Waals surface area contributed by atoms with E-state index < -0.39 is 10.8 Å². The molecule has 0 radical (unpaired) electrons. The number of carbonyl (C=O) groups excluding carboxylic acids is 1. The maximum absolute atomic E-state index is 11.5. The van der Waals surface area contributed by atoms with Gasteiger partial charge in [-0.1, -0.05) is 0 Å². The summed E-state index contributed by atoms with van der Waals surface area (Å²) in [5.41, 5.74) is 6.35. The molecule has 0 saturated carbocycles. The van der Waals surface area contributed by atoms with Crippen LogP contribution in [0.15, 0.2) is 30.5 Å². The lowest BCUT2D eigenvalue weighted by molar-refractivity contribution is -0.384. The zero-order chi connectivity index (χ0) is 15.4. The number of hydrogen-bond acceptors (Lipinski definition) is 5. The summed E-state index contributed by atoms with van der Waals surface area (Å²) in [7, 11) is 0. The van der Waals surface area contributed by atoms with E-state index in [1.807, 2.05) is 6.07 Å². The molecule has 0 bridgehead atoms. The minimum Gasteiger partial charge on any atom is -0.365 e. The minimum absolute atomic E-state index is 0.0525. The molecule has 21 heavy (non-hydrogen) atoms. The second kappa shape index (κ2) is 5.83. The Labute approximate surface area is 119 Å². The summed E-state index contributed by atoms with van der Waals surface area (Å²) in [5, 5.41) is 23.4. The molecule has 0 spiro atoms. The molecule has 0 unspecified atom stereocenters. The highest BCUT2D eigenvalue weighted by molar-refractivity contribution is 5.98. The third-order valence-corrected chi connectivity index (χ3v) is 2.83. The summed E-state index contributed by atoms with van der Waals surface area (Å²) < 4.78 is 1.46. The van der Waals surface area contributed by atoms with Gasteiger partial charge in [0.2, 0.25) is 0 Å². The Bertz CT molecular complexity index is 727. The van der Waals surface area contributed by atoms with Crippen LogP contribution >= 0.6 is 0 Å². The van der Waals surface area contributed by atoms with E-state index in [1.54, 1.807) is 0 Å². The van der Waals surface area contributed by atoms with E-state index in [4.69, 9.17) is 11.0 Å². The van der Waals surface area contributed by atoms with Gasteiger partial charge in [-0.25, -0.2) is 0 Å². The quantitative estimate of drug-likeness (QED) is 0.657. The Morgan fingerprint density at radius 2 is 2.10 bits per heavy atom. The van der Waals surface area contributed by atoms with Gasteiger partial charge in [-0.2, -0.15) is 10.4 Å². The molecule has 0 saturated heterocycles. The number of primary amides is 1. The number of nitrogens with zero attached hydrogens (tertiary/aromatic N) is 4. The molecule has 1 amide bonds. The number of nitro benzene ring substituents is 1. The second-order valence-corrected chi connectivity index (χ2v) is 4.23. The average Bonchev–Trinajstić information content (AvgIpc) is 2.89. The number of non-ortho nitro benzene ring substituents is 1. The molecule has 0 aliphatic rings. The van der Waals surface area contributed by atoms with Gasteiger partial charge in [0, 0.05) is 23.9 Å². The van der Waals surface area contributed by atoms with Crippen molar-refractivity contribution in [1.29, 1.82) is 5.26 Å². The van der Waals surface area contributed by atoms with Crippen LogP contribution in [0.1, 0.15) is 16.8 Å². The molecule has 0 fully saturated rings. The first-order valence-electron chi connectivity index (χ1n) is 6.02. The topological polar surface area (TPSA) is 128 Å². The first kappa shape index (κ1) is 14.2. The van der Waals surface area contributed by atoms with Gasteiger partial charge in [0.1, 0.15) is 5.69 Å². The molecule has 1 aromatic carbocycles. The number of amides is 1. The predicted molar refractivity (Wildman–Crippen MR) is 73.1 cm³/mol. The number of nitrogens with two attached hydrogens (primary N) is 1. The van der Waals surface area contributed by atoms with Gasteiger partial charge < -0.3 is 5.73 Å². The molecule has 2 N–H and O–H groups in total. The van der Waals surface area contributed by atoms with Crippen molar-refractivity contribution in [1.82, 2.24) is 9.78 Å². The van der Waals surface area contributed by atoms with Crippen LogP contribution in [0.25, 0.3) is 11.3 Å². The van der Waals surface area contributed by atoms with Crippen molar-refractivity contribution in [3.05, 3.63) is 46.1 Å². The fourth-order valence-corrected chi connectivity index (χ4v) is 1.84. The first-order chi connectivity index (χ1) is 10.0. The van der Waals surface area contributed by atoms with Crippen LogP contribution in [0.3, 0.4) is 0 Å². The van der Waals surface area contributed by atoms with Crippen LogP contribution in [-0.4, -0.2) is 20.6 Å². The molecule has 0 atom stereocenters. The Morgan fingerprint density at radius 1 is 1.43 bits per heavy atom. The molecule has 0 aliphatic heterocycles. The van der Waals surface area contributed by atoms with Crippen molar-refractivity contribution in [3.63, 3.8) is 0 Å². The van der Waals surface area contributed by atoms with E-state index in [0.717, 1.165) is 0 Å². The first-order valence-corrected chi connectivity index (χ1v) is 6.02. The predicted octanol–water partition coefficient (Wildman–Crippen LogP) is 1.47. The highest BCUT2D eigenvalue weighted by Crippen LogP contribution is 2.24. The Kier molecular flexibility index (Phi) is 3.95. The van der Waals surface area contributed by atoms with Gasteiger partial charge in [0.15, 0.2) is 0 Å². The van der Waals surface area contributed by atoms with Crippen molar-refractivity contribution in [3.8, 4) is 17.3 Å². The fraction of sp³-hybridized carbons (Fsp3) is 0.154. The molecule has 8 heteroatoms. The van der Waals surface area contributed by atoms with E-state index in [-0.39, 0.29) is 17.7 Å². The lowest BCUT2D eigenvalue weighted by atomic mass is 10.1. The van der Waals surface area contributed by atoms with Crippen molar-refractivity contribution in [2.24, 2.45) is 5.73 Å². The number of aryl methyl sites for hydroxylation is 1. The Hall–Kier alpha value is -3.21. The lowest BCUT2D eigenvalue weighted by Gasteiger charge is -1.99. The van der Waals surface area contributed by atoms with Crippen LogP contribution in [0.5, 0.6) is 0 Å². The van der Waals surface area contributed by atoms with E-state index in [2.05, 4.69) is 5.10 Å². The van der Waals surface area contributed by atoms with Gasteiger partial charge in [-0.05, 0) is 12.1 Å². The van der Waals surface area contributed by atoms with Crippen molar-refractivity contribution in [2.45, 2.75) is 13.0 Å². The van der Waals surface area contributed by atoms with Gasteiger partial charge in [0.05, 0.1) is 29.5 Å². The zero-order valence-electron chi connectivity index (χ0n) is 10.9. The molecule has 106 valence electrons. The summed E-state index contributed by atoms with van der Waals surface area (Å²) in [6.07, 6.45) is 1.72. The molecule has 2 rings (SSSR count). The van der Waals surface area contributed by atoms with Gasteiger partial charge in [-0.15, -0.1) is 0 Å². The number of carbonyl (C=O) groups is 1. The van der Waals surface area contributed by atoms with Gasteiger partial charge in [0.25, 0.3) is 11.6 Å². The monoisotopic (exact) mass is 285 g/mol. The van der Waals surface area contributed by atoms with Crippen LogP contribution in [0, 0.1) is 21.4 Å². The number of rotatable bonds is 5. The normalized spacial score (nSPS) is 10.0. The molecule has 1 heterocycles. The number of hydrogen-bond donors (Lipinski definition) is 1. The number of nitro groups is 1. The van der Waals surface area contributed by atoms with Crippen LogP contribution in [-0.2, 0) is 6.54 Å². The molecular formula is C13H11N5O3. The standard InChI is InChI=1S/C13H11N5O3/c14-6-1-7-17-8-11(13(15)19)12(16-17)9-2-4-10(5-3-9)18(20)21/h2-5,8H,1,7H2,(H2,15,19). The highest BCUT2D eigenvalue weighted by Gasteiger charge is 2.16. The minimum atomic E-state index is -0.647. The number of aromatic nitrogens is 2. The van der Waals surface area contributed by atoms with Gasteiger partial charge in [-0.3, -0.25) is 19.6 Å². The van der Waals surface area contributed by atoms with E-state index in [0.29, 0.717) is 17.8 Å². The SMILES string of the molecule is N#CCCn1cc(C(N)=O)c(-c2ccc([N+](=O)[O-])cc2)n1. The van der Waals surface area contributed by atoms with Crippen molar-refractivity contribution in [2.75, 3.05) is 0 Å². The maximum Gasteiger partial charge on any atom is 0.269 e. The summed E-state index contributed by atoms with van der Waals surface area (Å²) in [6, 6.07) is 7.64. The van der Waals surface area contributed by atoms with Crippen LogP contribution in [0.4, 0.5) is 5.69 Å². The summed E-state index contributed by atoms with van der Waals surface area (Å²) in [4.78, 5) is 21.6. The molecule has 0 aliphatic carbocycles. The molecule has 8 nitrogen and oxygen atoms in total. The summed E-state index contributed by atoms with van der Waals surface area (Å²) in [5.74, 6) is -0.647. The van der Waals surface area contributed by atoms with Gasteiger partial charge >= 0.3 is 0 Å². The average molecular weight is 285 g/mol. The summed E-state index contributed by atoms with van der Waals surface area (Å²) in [6.45, 7) is 0.337. The van der Waals surface area contributed by atoms with Crippen LogP contribution in [0.2, 0.25) is 0 Å². The fourth-order valence-electron chi connectivity index (χ4n) is 1.84. The maximum atomic E-state index is 11.5.